The van der Waals surface area contributed by atoms with Crippen LogP contribution in [0.2, 0.25) is 0 Å². The number of nitrogens with one attached hydrogen (secondary N) is 1. The first-order chi connectivity index (χ1) is 9.13. The Balaban J connectivity index is 1.66. The number of aromatic nitrogens is 2. The van der Waals surface area contributed by atoms with Gasteiger partial charge in [-0.05, 0) is 25.7 Å². The van der Waals surface area contributed by atoms with Gasteiger partial charge in [-0.1, -0.05) is 6.42 Å². The summed E-state index contributed by atoms with van der Waals surface area (Å²) in [4.78, 5) is 24.2. The first kappa shape index (κ1) is 12.4. The number of Topliss-reactive ketones (excluding diaryl/α,β-unsaturated/α-hetero) is 1. The molecule has 1 amide bonds. The zero-order valence-electron chi connectivity index (χ0n) is 11.1. The molecule has 1 unspecified atom stereocenters. The van der Waals surface area contributed by atoms with E-state index in [9.17, 15) is 9.59 Å². The summed E-state index contributed by atoms with van der Waals surface area (Å²) in [5.41, 5.74) is 0. The predicted molar refractivity (Wildman–Crippen MR) is 70.4 cm³/mol. The normalized spacial score (nSPS) is 30.2. The lowest BCUT2D eigenvalue weighted by molar-refractivity contribution is -0.136. The van der Waals surface area contributed by atoms with Crippen molar-refractivity contribution in [1.82, 2.24) is 9.78 Å². The van der Waals surface area contributed by atoms with Gasteiger partial charge < -0.3 is 5.32 Å². The van der Waals surface area contributed by atoms with Crippen molar-refractivity contribution < 1.29 is 9.59 Å². The summed E-state index contributed by atoms with van der Waals surface area (Å²) in [5, 5.41) is 7.00. The number of fused-ring (bicyclic) bond motifs is 2. The molecule has 0 radical (unpaired) electrons. The third kappa shape index (κ3) is 2.41. The van der Waals surface area contributed by atoms with E-state index in [2.05, 4.69) is 10.4 Å². The molecule has 2 saturated carbocycles. The molecule has 2 aliphatic carbocycles. The zero-order valence-corrected chi connectivity index (χ0v) is 11.1. The lowest BCUT2D eigenvalue weighted by Crippen LogP contribution is -2.40. The van der Waals surface area contributed by atoms with Crippen molar-refractivity contribution in [3.63, 3.8) is 0 Å². The van der Waals surface area contributed by atoms with E-state index in [0.29, 0.717) is 24.4 Å². The Morgan fingerprint density at radius 1 is 1.37 bits per heavy atom. The van der Waals surface area contributed by atoms with Gasteiger partial charge in [0.1, 0.15) is 5.78 Å². The Morgan fingerprint density at radius 3 is 2.63 bits per heavy atom. The van der Waals surface area contributed by atoms with Crippen molar-refractivity contribution in [3.05, 3.63) is 12.3 Å². The number of nitrogens with zero attached hydrogens (tertiary/aromatic N) is 2. The lowest BCUT2D eigenvalue weighted by Gasteiger charge is -2.36. The largest absolute Gasteiger partial charge is 0.309 e. The van der Waals surface area contributed by atoms with Gasteiger partial charge >= 0.3 is 0 Å². The first-order valence-electron chi connectivity index (χ1n) is 6.97. The number of ketones is 1. The Morgan fingerprint density at radius 2 is 2.05 bits per heavy atom. The van der Waals surface area contributed by atoms with Gasteiger partial charge in [0.15, 0.2) is 5.82 Å². The smallest absolute Gasteiger partial charge is 0.228 e. The van der Waals surface area contributed by atoms with Gasteiger partial charge in [-0.15, -0.1) is 0 Å². The van der Waals surface area contributed by atoms with Crippen LogP contribution in [0, 0.1) is 17.8 Å². The molecule has 3 atom stereocenters. The van der Waals surface area contributed by atoms with E-state index in [-0.39, 0.29) is 23.7 Å². The number of amides is 1. The van der Waals surface area contributed by atoms with Crippen molar-refractivity contribution in [1.29, 1.82) is 0 Å². The number of aryl methyl sites for hydroxylation is 1. The van der Waals surface area contributed by atoms with E-state index in [1.165, 1.54) is 0 Å². The molecule has 19 heavy (non-hydrogen) atoms. The molecule has 5 nitrogen and oxygen atoms in total. The highest BCUT2D eigenvalue weighted by molar-refractivity contribution is 5.94. The molecule has 3 rings (SSSR count). The van der Waals surface area contributed by atoms with Crippen LogP contribution in [0.3, 0.4) is 0 Å². The fourth-order valence-electron chi connectivity index (χ4n) is 3.40. The molecule has 1 aromatic rings. The summed E-state index contributed by atoms with van der Waals surface area (Å²) in [6.45, 7) is 0. The number of carbonyl (C=O) groups is 2. The minimum atomic E-state index is -0.0324. The molecule has 5 heteroatoms. The quantitative estimate of drug-likeness (QED) is 0.882. The Kier molecular flexibility index (Phi) is 3.12. The molecule has 2 bridgehead atoms. The zero-order chi connectivity index (χ0) is 13.4. The van der Waals surface area contributed by atoms with Crippen molar-refractivity contribution in [2.75, 3.05) is 5.32 Å². The van der Waals surface area contributed by atoms with Crippen LogP contribution in [0.1, 0.15) is 32.1 Å². The maximum absolute atomic E-state index is 12.2. The average molecular weight is 261 g/mol. The van der Waals surface area contributed by atoms with E-state index >= 15 is 0 Å². The van der Waals surface area contributed by atoms with E-state index in [1.807, 2.05) is 7.05 Å². The van der Waals surface area contributed by atoms with E-state index in [4.69, 9.17) is 0 Å². The highest BCUT2D eigenvalue weighted by Gasteiger charge is 2.41. The second-order valence-electron chi connectivity index (χ2n) is 5.76. The number of carbonyl (C=O) groups excluding carboxylic acids is 2. The molecule has 1 heterocycles. The maximum atomic E-state index is 12.2. The van der Waals surface area contributed by atoms with Crippen LogP contribution < -0.4 is 5.32 Å². The molecule has 1 N–H and O–H groups in total. The number of hydrogen-bond acceptors (Lipinski definition) is 3. The summed E-state index contributed by atoms with van der Waals surface area (Å²) in [6.07, 6.45) is 6.29. The molecule has 102 valence electrons. The monoisotopic (exact) mass is 261 g/mol. The molecule has 1 aromatic heterocycles. The Labute approximate surface area is 112 Å². The second-order valence-corrected chi connectivity index (χ2v) is 5.76. The fourth-order valence-corrected chi connectivity index (χ4v) is 3.40. The van der Waals surface area contributed by atoms with E-state index in [1.54, 1.807) is 16.9 Å². The lowest BCUT2D eigenvalue weighted by atomic mass is 9.67. The van der Waals surface area contributed by atoms with Gasteiger partial charge in [0.25, 0.3) is 0 Å². The molecule has 0 spiro atoms. The highest BCUT2D eigenvalue weighted by Crippen LogP contribution is 2.40. The van der Waals surface area contributed by atoms with Gasteiger partial charge in [-0.3, -0.25) is 14.3 Å². The third-order valence-electron chi connectivity index (χ3n) is 4.38. The van der Waals surface area contributed by atoms with Crippen LogP contribution in [-0.2, 0) is 16.6 Å². The second kappa shape index (κ2) is 4.79. The maximum Gasteiger partial charge on any atom is 0.228 e. The summed E-state index contributed by atoms with van der Waals surface area (Å²) >= 11 is 0. The van der Waals surface area contributed by atoms with Crippen molar-refractivity contribution >= 4 is 17.5 Å². The number of anilines is 1. The first-order valence-corrected chi connectivity index (χ1v) is 6.97. The van der Waals surface area contributed by atoms with E-state index < -0.39 is 0 Å². The summed E-state index contributed by atoms with van der Waals surface area (Å²) in [7, 11) is 1.82. The van der Waals surface area contributed by atoms with Crippen molar-refractivity contribution in [3.8, 4) is 0 Å². The van der Waals surface area contributed by atoms with Crippen molar-refractivity contribution in [2.45, 2.75) is 32.1 Å². The SMILES string of the molecule is Cn1ccc(NC(=O)C2C[C@H]3CCC[C@@H](C2)C3=O)n1. The topological polar surface area (TPSA) is 64.0 Å². The van der Waals surface area contributed by atoms with Gasteiger partial charge in [0.05, 0.1) is 0 Å². The molecule has 2 aliphatic rings. The minimum absolute atomic E-state index is 0.0168. The van der Waals surface area contributed by atoms with Crippen LogP contribution >= 0.6 is 0 Å². The molecule has 0 aliphatic heterocycles. The van der Waals surface area contributed by atoms with Gasteiger partial charge in [0.2, 0.25) is 5.91 Å². The summed E-state index contributed by atoms with van der Waals surface area (Å²) in [5.74, 6) is 1.21. The molecular weight excluding hydrogens is 242 g/mol. The van der Waals surface area contributed by atoms with Gasteiger partial charge in [-0.2, -0.15) is 5.10 Å². The Hall–Kier alpha value is -1.65. The third-order valence-corrected chi connectivity index (χ3v) is 4.38. The van der Waals surface area contributed by atoms with E-state index in [0.717, 1.165) is 19.3 Å². The van der Waals surface area contributed by atoms with Crippen molar-refractivity contribution in [2.24, 2.45) is 24.8 Å². The highest BCUT2D eigenvalue weighted by atomic mass is 16.2. The summed E-state index contributed by atoms with van der Waals surface area (Å²) < 4.78 is 1.66. The number of rotatable bonds is 2. The van der Waals surface area contributed by atoms with Crippen LogP contribution in [0.25, 0.3) is 0 Å². The Bertz CT molecular complexity index is 493. The minimum Gasteiger partial charge on any atom is -0.309 e. The van der Waals surface area contributed by atoms with Gasteiger partial charge in [0, 0.05) is 37.1 Å². The molecule has 0 aromatic carbocycles. The predicted octanol–water partition coefficient (Wildman–Crippen LogP) is 1.75. The fraction of sp³-hybridized carbons (Fsp3) is 0.643. The average Bonchev–Trinajstić information content (AvgIpc) is 2.74. The number of hydrogen-bond donors (Lipinski definition) is 1. The molecular formula is C14H19N3O2. The molecule has 2 fully saturated rings. The summed E-state index contributed by atoms with van der Waals surface area (Å²) in [6, 6.07) is 1.78. The van der Waals surface area contributed by atoms with Crippen LogP contribution in [0.4, 0.5) is 5.82 Å². The van der Waals surface area contributed by atoms with Crippen LogP contribution in [-0.4, -0.2) is 21.5 Å². The van der Waals surface area contributed by atoms with Crippen LogP contribution in [0.15, 0.2) is 12.3 Å². The molecule has 0 saturated heterocycles. The van der Waals surface area contributed by atoms with Gasteiger partial charge in [-0.25, -0.2) is 0 Å². The van der Waals surface area contributed by atoms with Crippen LogP contribution in [0.5, 0.6) is 0 Å². The standard InChI is InChI=1S/C14H19N3O2/c1-17-6-5-12(16-17)15-14(19)11-7-9-3-2-4-10(8-11)13(9)18/h5-6,9-11H,2-4,7-8H2,1H3,(H,15,16,19)/t9-,10+,11?.